The van der Waals surface area contributed by atoms with E-state index >= 15 is 0 Å². The third kappa shape index (κ3) is 5.73. The van der Waals surface area contributed by atoms with Gasteiger partial charge in [0.1, 0.15) is 0 Å². The summed E-state index contributed by atoms with van der Waals surface area (Å²) >= 11 is 0. The van der Waals surface area contributed by atoms with Gasteiger partial charge in [0.05, 0.1) is 24.1 Å². The average molecular weight is 292 g/mol. The molecule has 1 amide bonds. The van der Waals surface area contributed by atoms with Crippen LogP contribution >= 0.6 is 0 Å². The van der Waals surface area contributed by atoms with Crippen molar-refractivity contribution in [3.05, 3.63) is 24.3 Å². The molecule has 0 radical (unpaired) electrons. The van der Waals surface area contributed by atoms with E-state index in [2.05, 4.69) is 5.32 Å². The van der Waals surface area contributed by atoms with Crippen LogP contribution in [-0.2, 0) is 14.3 Å². The topological polar surface area (TPSA) is 73.6 Å². The summed E-state index contributed by atoms with van der Waals surface area (Å²) in [5, 5.41) is 2.81. The number of ether oxygens (including phenoxy) is 2. The van der Waals surface area contributed by atoms with Crippen LogP contribution < -0.4 is 11.1 Å². The van der Waals surface area contributed by atoms with Crippen molar-refractivity contribution in [2.45, 2.75) is 38.2 Å². The number of para-hydroxylation sites is 2. The lowest BCUT2D eigenvalue weighted by Gasteiger charge is -2.22. The quantitative estimate of drug-likeness (QED) is 0.598. The molecule has 2 rings (SSSR count). The Morgan fingerprint density at radius 3 is 3.00 bits per heavy atom. The summed E-state index contributed by atoms with van der Waals surface area (Å²) in [6, 6.07) is 7.25. The van der Waals surface area contributed by atoms with Gasteiger partial charge in [-0.3, -0.25) is 4.79 Å². The highest BCUT2D eigenvalue weighted by molar-refractivity contribution is 5.93. The van der Waals surface area contributed by atoms with Crippen molar-refractivity contribution >= 4 is 17.3 Å². The number of nitrogens with one attached hydrogen (secondary N) is 1. The van der Waals surface area contributed by atoms with Crippen molar-refractivity contribution in [3.63, 3.8) is 0 Å². The van der Waals surface area contributed by atoms with Crippen molar-refractivity contribution in [1.29, 1.82) is 0 Å². The molecule has 3 N–H and O–H groups in total. The Morgan fingerprint density at radius 2 is 2.24 bits per heavy atom. The van der Waals surface area contributed by atoms with Crippen molar-refractivity contribution in [2.24, 2.45) is 0 Å². The van der Waals surface area contributed by atoms with Gasteiger partial charge in [-0.15, -0.1) is 0 Å². The molecule has 1 aromatic carbocycles. The number of amides is 1. The molecule has 0 aliphatic carbocycles. The lowest BCUT2D eigenvalue weighted by atomic mass is 10.1. The number of carbonyl (C=O) groups excluding carboxylic acids is 1. The van der Waals surface area contributed by atoms with E-state index in [-0.39, 0.29) is 12.0 Å². The maximum Gasteiger partial charge on any atom is 0.224 e. The zero-order chi connectivity index (χ0) is 14.9. The highest BCUT2D eigenvalue weighted by Gasteiger charge is 2.13. The Morgan fingerprint density at radius 1 is 1.38 bits per heavy atom. The number of nitrogen functional groups attached to an aromatic ring is 1. The van der Waals surface area contributed by atoms with Gasteiger partial charge < -0.3 is 20.5 Å². The van der Waals surface area contributed by atoms with Crippen LogP contribution in [0.3, 0.4) is 0 Å². The number of hydrogen-bond donors (Lipinski definition) is 2. The van der Waals surface area contributed by atoms with Gasteiger partial charge in [0.2, 0.25) is 5.91 Å². The number of nitrogens with two attached hydrogens (primary N) is 1. The summed E-state index contributed by atoms with van der Waals surface area (Å²) in [4.78, 5) is 11.8. The first-order valence-electron chi connectivity index (χ1n) is 7.59. The van der Waals surface area contributed by atoms with E-state index in [4.69, 9.17) is 15.2 Å². The predicted octanol–water partition coefficient (Wildman–Crippen LogP) is 2.57. The normalized spacial score (nSPS) is 18.4. The Kier molecular flexibility index (Phi) is 6.50. The molecule has 5 nitrogen and oxygen atoms in total. The van der Waals surface area contributed by atoms with Crippen LogP contribution in [0.5, 0.6) is 0 Å². The molecule has 1 aliphatic heterocycles. The second-order valence-electron chi connectivity index (χ2n) is 5.30. The monoisotopic (exact) mass is 292 g/mol. The standard InChI is InChI=1S/C16H24N2O3/c17-14-7-1-2-8-15(14)18-16(19)9-5-10-20-12-13-6-3-4-11-21-13/h1-2,7-8,13H,3-6,9-12,17H2,(H,18,19). The molecule has 0 spiro atoms. The fraction of sp³-hybridized carbons (Fsp3) is 0.562. The van der Waals surface area contributed by atoms with Gasteiger partial charge >= 0.3 is 0 Å². The maximum absolute atomic E-state index is 11.8. The van der Waals surface area contributed by atoms with Crippen LogP contribution in [0.1, 0.15) is 32.1 Å². The Hall–Kier alpha value is -1.59. The lowest BCUT2D eigenvalue weighted by molar-refractivity contribution is -0.116. The molecular formula is C16H24N2O3. The number of rotatable bonds is 7. The molecule has 5 heteroatoms. The minimum atomic E-state index is -0.0367. The summed E-state index contributed by atoms with van der Waals surface area (Å²) in [5.74, 6) is -0.0367. The molecule has 0 aromatic heterocycles. The Balaban J connectivity index is 1.56. The third-order valence-corrected chi connectivity index (χ3v) is 3.51. The first-order valence-corrected chi connectivity index (χ1v) is 7.59. The fourth-order valence-electron chi connectivity index (χ4n) is 2.31. The van der Waals surface area contributed by atoms with Crippen LogP contribution in [0.15, 0.2) is 24.3 Å². The van der Waals surface area contributed by atoms with Crippen molar-refractivity contribution in [2.75, 3.05) is 30.9 Å². The molecule has 1 aromatic rings. The number of anilines is 2. The van der Waals surface area contributed by atoms with Gasteiger partial charge in [-0.05, 0) is 37.8 Å². The average Bonchev–Trinajstić information content (AvgIpc) is 2.50. The van der Waals surface area contributed by atoms with E-state index in [1.54, 1.807) is 12.1 Å². The fourth-order valence-corrected chi connectivity index (χ4v) is 2.31. The molecule has 1 unspecified atom stereocenters. The zero-order valence-corrected chi connectivity index (χ0v) is 12.3. The zero-order valence-electron chi connectivity index (χ0n) is 12.3. The van der Waals surface area contributed by atoms with Gasteiger partial charge in [0.25, 0.3) is 0 Å². The SMILES string of the molecule is Nc1ccccc1NC(=O)CCCOCC1CCCCO1. The highest BCUT2D eigenvalue weighted by atomic mass is 16.5. The van der Waals surface area contributed by atoms with Crippen LogP contribution in [0.2, 0.25) is 0 Å². The first kappa shape index (κ1) is 15.8. The third-order valence-electron chi connectivity index (χ3n) is 3.51. The molecule has 1 heterocycles. The van der Waals surface area contributed by atoms with Gasteiger partial charge in [-0.25, -0.2) is 0 Å². The van der Waals surface area contributed by atoms with E-state index in [0.29, 0.717) is 37.4 Å². The van der Waals surface area contributed by atoms with Crippen LogP contribution in [0.25, 0.3) is 0 Å². The summed E-state index contributed by atoms with van der Waals surface area (Å²) in [6.45, 7) is 2.06. The molecule has 1 fully saturated rings. The Bertz CT molecular complexity index is 445. The largest absolute Gasteiger partial charge is 0.397 e. The summed E-state index contributed by atoms with van der Waals surface area (Å²) in [7, 11) is 0. The number of carbonyl (C=O) groups is 1. The maximum atomic E-state index is 11.8. The second kappa shape index (κ2) is 8.64. The minimum absolute atomic E-state index is 0.0367. The van der Waals surface area contributed by atoms with E-state index in [9.17, 15) is 4.79 Å². The molecule has 0 saturated carbocycles. The summed E-state index contributed by atoms with van der Waals surface area (Å²) < 4.78 is 11.1. The van der Waals surface area contributed by atoms with Crippen molar-refractivity contribution in [3.8, 4) is 0 Å². The van der Waals surface area contributed by atoms with Gasteiger partial charge in [0.15, 0.2) is 0 Å². The van der Waals surface area contributed by atoms with Crippen LogP contribution in [0.4, 0.5) is 11.4 Å². The van der Waals surface area contributed by atoms with Crippen molar-refractivity contribution < 1.29 is 14.3 Å². The minimum Gasteiger partial charge on any atom is -0.397 e. The van der Waals surface area contributed by atoms with Crippen LogP contribution in [0, 0.1) is 0 Å². The predicted molar refractivity (Wildman–Crippen MR) is 83.1 cm³/mol. The van der Waals surface area contributed by atoms with Gasteiger partial charge in [-0.1, -0.05) is 12.1 Å². The molecule has 21 heavy (non-hydrogen) atoms. The molecular weight excluding hydrogens is 268 g/mol. The second-order valence-corrected chi connectivity index (χ2v) is 5.30. The van der Waals surface area contributed by atoms with E-state index in [0.717, 1.165) is 19.4 Å². The summed E-state index contributed by atoms with van der Waals surface area (Å²) in [5.41, 5.74) is 7.02. The van der Waals surface area contributed by atoms with Crippen molar-refractivity contribution in [1.82, 2.24) is 0 Å². The summed E-state index contributed by atoms with van der Waals surface area (Å²) in [6.07, 6.45) is 4.81. The van der Waals surface area contributed by atoms with Gasteiger partial charge in [0, 0.05) is 19.6 Å². The van der Waals surface area contributed by atoms with Crippen LogP contribution in [-0.4, -0.2) is 31.8 Å². The van der Waals surface area contributed by atoms with E-state index in [1.807, 2.05) is 12.1 Å². The number of benzene rings is 1. The molecule has 1 aliphatic rings. The molecule has 1 atom stereocenters. The molecule has 1 saturated heterocycles. The first-order chi connectivity index (χ1) is 10.3. The Labute approximate surface area is 125 Å². The van der Waals surface area contributed by atoms with E-state index < -0.39 is 0 Å². The smallest absolute Gasteiger partial charge is 0.224 e. The number of hydrogen-bond acceptors (Lipinski definition) is 4. The van der Waals surface area contributed by atoms with Gasteiger partial charge in [-0.2, -0.15) is 0 Å². The highest BCUT2D eigenvalue weighted by Crippen LogP contribution is 2.17. The molecule has 0 bridgehead atoms. The lowest BCUT2D eigenvalue weighted by Crippen LogP contribution is -2.24. The molecule has 116 valence electrons. The van der Waals surface area contributed by atoms with E-state index in [1.165, 1.54) is 6.42 Å².